The third kappa shape index (κ3) is 4.09. The SMILES string of the molecule is CN(C)CCN(C)C(=O)c1ccc(-c2ncc3cnc(-c4ccccc4)cn23)cc1. The number of likely N-dealkylation sites (N-methyl/N-ethyl adjacent to an activating group) is 2. The van der Waals surface area contributed by atoms with E-state index in [1.807, 2.05) is 98.7 Å². The van der Waals surface area contributed by atoms with Gasteiger partial charge in [0, 0.05) is 43.0 Å². The maximum absolute atomic E-state index is 12.6. The van der Waals surface area contributed by atoms with Crippen molar-refractivity contribution in [3.63, 3.8) is 0 Å². The molecule has 6 heteroatoms. The molecule has 4 aromatic rings. The summed E-state index contributed by atoms with van der Waals surface area (Å²) in [4.78, 5) is 25.6. The lowest BCUT2D eigenvalue weighted by molar-refractivity contribution is 0.0786. The van der Waals surface area contributed by atoms with Crippen molar-refractivity contribution in [3.05, 3.63) is 78.8 Å². The van der Waals surface area contributed by atoms with E-state index in [0.717, 1.165) is 34.7 Å². The Morgan fingerprint density at radius 2 is 1.57 bits per heavy atom. The number of rotatable bonds is 6. The average molecular weight is 399 g/mol. The first-order chi connectivity index (χ1) is 14.5. The van der Waals surface area contributed by atoms with E-state index in [1.54, 1.807) is 4.90 Å². The van der Waals surface area contributed by atoms with Gasteiger partial charge in [0.25, 0.3) is 5.91 Å². The molecule has 0 aliphatic rings. The number of benzene rings is 2. The van der Waals surface area contributed by atoms with Crippen LogP contribution in [0.25, 0.3) is 28.2 Å². The molecule has 0 aliphatic carbocycles. The van der Waals surface area contributed by atoms with Crippen LogP contribution in [0.1, 0.15) is 10.4 Å². The highest BCUT2D eigenvalue weighted by molar-refractivity contribution is 5.94. The lowest BCUT2D eigenvalue weighted by Gasteiger charge is -2.19. The molecule has 0 spiro atoms. The zero-order valence-electron chi connectivity index (χ0n) is 17.5. The summed E-state index contributed by atoms with van der Waals surface area (Å²) < 4.78 is 2.04. The molecule has 0 atom stereocenters. The number of carbonyl (C=O) groups excluding carboxylic acids is 1. The van der Waals surface area contributed by atoms with Gasteiger partial charge in [0.1, 0.15) is 5.82 Å². The summed E-state index contributed by atoms with van der Waals surface area (Å²) in [7, 11) is 5.83. The van der Waals surface area contributed by atoms with Gasteiger partial charge in [-0.15, -0.1) is 0 Å². The fraction of sp³-hybridized carbons (Fsp3) is 0.208. The van der Waals surface area contributed by atoms with E-state index in [-0.39, 0.29) is 5.91 Å². The number of carbonyl (C=O) groups is 1. The Morgan fingerprint density at radius 1 is 0.867 bits per heavy atom. The van der Waals surface area contributed by atoms with Crippen LogP contribution in [0, 0.1) is 0 Å². The minimum Gasteiger partial charge on any atom is -0.340 e. The molecular formula is C24H25N5O. The fourth-order valence-corrected chi connectivity index (χ4v) is 3.30. The summed E-state index contributed by atoms with van der Waals surface area (Å²) in [5.74, 6) is 0.844. The Morgan fingerprint density at radius 3 is 2.27 bits per heavy atom. The Balaban J connectivity index is 1.60. The third-order valence-electron chi connectivity index (χ3n) is 5.10. The number of aromatic nitrogens is 3. The second-order valence-electron chi connectivity index (χ2n) is 7.62. The van der Waals surface area contributed by atoms with Crippen molar-refractivity contribution in [2.45, 2.75) is 0 Å². The van der Waals surface area contributed by atoms with Crippen LogP contribution in [0.15, 0.2) is 73.2 Å². The summed E-state index contributed by atoms with van der Waals surface area (Å²) in [6.45, 7) is 1.52. The summed E-state index contributed by atoms with van der Waals surface area (Å²) in [6.07, 6.45) is 5.64. The third-order valence-corrected chi connectivity index (χ3v) is 5.10. The van der Waals surface area contributed by atoms with Crippen molar-refractivity contribution in [2.75, 3.05) is 34.2 Å². The van der Waals surface area contributed by atoms with Gasteiger partial charge in [-0.2, -0.15) is 0 Å². The quantitative estimate of drug-likeness (QED) is 0.496. The normalized spacial score (nSPS) is 11.2. The van der Waals surface area contributed by atoms with Gasteiger partial charge in [-0.05, 0) is 26.2 Å². The highest BCUT2D eigenvalue weighted by Crippen LogP contribution is 2.23. The molecule has 4 rings (SSSR count). The lowest BCUT2D eigenvalue weighted by atomic mass is 10.1. The van der Waals surface area contributed by atoms with Crippen molar-refractivity contribution in [1.82, 2.24) is 24.2 Å². The first-order valence-corrected chi connectivity index (χ1v) is 9.92. The Hall–Kier alpha value is -3.51. The van der Waals surface area contributed by atoms with E-state index in [9.17, 15) is 4.79 Å². The Labute approximate surface area is 176 Å². The van der Waals surface area contributed by atoms with Crippen LogP contribution >= 0.6 is 0 Å². The topological polar surface area (TPSA) is 53.7 Å². The number of hydrogen-bond acceptors (Lipinski definition) is 4. The van der Waals surface area contributed by atoms with E-state index in [1.165, 1.54) is 0 Å². The monoisotopic (exact) mass is 399 g/mol. The minimum atomic E-state index is 0.0203. The molecule has 1 amide bonds. The molecule has 0 saturated carbocycles. The second kappa shape index (κ2) is 8.47. The largest absolute Gasteiger partial charge is 0.340 e. The van der Waals surface area contributed by atoms with Gasteiger partial charge < -0.3 is 9.80 Å². The van der Waals surface area contributed by atoms with Crippen LogP contribution in [0.4, 0.5) is 0 Å². The average Bonchev–Trinajstić information content (AvgIpc) is 3.21. The molecule has 0 radical (unpaired) electrons. The molecule has 6 nitrogen and oxygen atoms in total. The number of imidazole rings is 1. The van der Waals surface area contributed by atoms with Gasteiger partial charge in [0.15, 0.2) is 0 Å². The summed E-state index contributed by atoms with van der Waals surface area (Å²) in [5, 5.41) is 0. The van der Waals surface area contributed by atoms with E-state index < -0.39 is 0 Å². The minimum absolute atomic E-state index is 0.0203. The van der Waals surface area contributed by atoms with Crippen molar-refractivity contribution in [1.29, 1.82) is 0 Å². The van der Waals surface area contributed by atoms with Crippen LogP contribution in [0.5, 0.6) is 0 Å². The molecule has 0 fully saturated rings. The van der Waals surface area contributed by atoms with Crippen LogP contribution in [0.3, 0.4) is 0 Å². The maximum atomic E-state index is 12.6. The van der Waals surface area contributed by atoms with Crippen molar-refractivity contribution in [2.24, 2.45) is 0 Å². The predicted octanol–water partition coefficient (Wildman–Crippen LogP) is 3.70. The van der Waals surface area contributed by atoms with Crippen molar-refractivity contribution >= 4 is 11.4 Å². The second-order valence-corrected chi connectivity index (χ2v) is 7.62. The van der Waals surface area contributed by atoms with Crippen molar-refractivity contribution < 1.29 is 4.79 Å². The standard InChI is InChI=1S/C24H25N5O/c1-27(2)13-14-28(3)24(30)20-11-9-19(10-12-20)23-26-16-21-15-25-22(17-29(21)23)18-7-5-4-6-8-18/h4-12,15-17H,13-14H2,1-3H3. The maximum Gasteiger partial charge on any atom is 0.253 e. The number of amides is 1. The number of fused-ring (bicyclic) bond motifs is 1. The van der Waals surface area contributed by atoms with Gasteiger partial charge in [-0.25, -0.2) is 4.98 Å². The van der Waals surface area contributed by atoms with Crippen LogP contribution < -0.4 is 0 Å². The Kier molecular flexibility index (Phi) is 5.59. The highest BCUT2D eigenvalue weighted by Gasteiger charge is 2.13. The molecule has 2 aromatic heterocycles. The van der Waals surface area contributed by atoms with E-state index >= 15 is 0 Å². The molecule has 2 heterocycles. The first kappa shape index (κ1) is 19.8. The molecule has 0 bridgehead atoms. The Bertz CT molecular complexity index is 1150. The fourth-order valence-electron chi connectivity index (χ4n) is 3.30. The zero-order valence-corrected chi connectivity index (χ0v) is 17.5. The zero-order chi connectivity index (χ0) is 21.1. The van der Waals surface area contributed by atoms with Gasteiger partial charge in [-0.3, -0.25) is 14.2 Å². The van der Waals surface area contributed by atoms with Gasteiger partial charge >= 0.3 is 0 Å². The van der Waals surface area contributed by atoms with Crippen LogP contribution in [0.2, 0.25) is 0 Å². The molecule has 0 N–H and O–H groups in total. The van der Waals surface area contributed by atoms with Crippen LogP contribution in [-0.2, 0) is 0 Å². The highest BCUT2D eigenvalue weighted by atomic mass is 16.2. The number of nitrogens with zero attached hydrogens (tertiary/aromatic N) is 5. The summed E-state index contributed by atoms with van der Waals surface area (Å²) >= 11 is 0. The van der Waals surface area contributed by atoms with Gasteiger partial charge in [-0.1, -0.05) is 42.5 Å². The van der Waals surface area contributed by atoms with Crippen molar-refractivity contribution in [3.8, 4) is 22.6 Å². The van der Waals surface area contributed by atoms with E-state index in [2.05, 4.69) is 14.9 Å². The van der Waals surface area contributed by atoms with E-state index in [4.69, 9.17) is 0 Å². The number of hydrogen-bond donors (Lipinski definition) is 0. The summed E-state index contributed by atoms with van der Waals surface area (Å²) in [5.41, 5.74) is 4.49. The summed E-state index contributed by atoms with van der Waals surface area (Å²) in [6, 6.07) is 17.7. The molecule has 0 aliphatic heterocycles. The first-order valence-electron chi connectivity index (χ1n) is 9.92. The van der Waals surface area contributed by atoms with E-state index in [0.29, 0.717) is 12.1 Å². The van der Waals surface area contributed by atoms with Gasteiger partial charge in [0.2, 0.25) is 0 Å². The molecule has 152 valence electrons. The molecule has 30 heavy (non-hydrogen) atoms. The predicted molar refractivity (Wildman–Crippen MR) is 119 cm³/mol. The molecule has 0 saturated heterocycles. The smallest absolute Gasteiger partial charge is 0.253 e. The van der Waals surface area contributed by atoms with Crippen LogP contribution in [-0.4, -0.2) is 64.3 Å². The molecular weight excluding hydrogens is 374 g/mol. The van der Waals surface area contributed by atoms with Gasteiger partial charge in [0.05, 0.1) is 23.6 Å². The molecule has 0 unspecified atom stereocenters. The lowest BCUT2D eigenvalue weighted by Crippen LogP contribution is -2.33. The molecule has 2 aromatic carbocycles.